The number of allylic oxidation sites excluding steroid dienone is 6. The number of ether oxygens (including phenoxy) is 4. The van der Waals surface area contributed by atoms with Crippen LogP contribution in [0.5, 0.6) is 0 Å². The van der Waals surface area contributed by atoms with Crippen molar-refractivity contribution in [3.63, 3.8) is 0 Å². The molecule has 3 heterocycles. The zero-order chi connectivity index (χ0) is 58.1. The van der Waals surface area contributed by atoms with Gasteiger partial charge in [-0.05, 0) is 95.4 Å². The third-order valence-electron chi connectivity index (χ3n) is 14.1. The molecule has 0 saturated carbocycles. The number of amides is 2. The minimum atomic E-state index is -4.95. The first kappa shape index (κ1) is 73.7. The SMILES string of the molecule is CCCCCCCC/C=C\CCCCCCCC(=O)OC[C@H](COP(=O)([O-])OCCNC(=O)OCCOCCNC(=O)CCC1=[N+]2C(=Cc3c(C)cc(C)n3[B-]2(F)F)C=C1)OC(=O)CCCCCCC/C=C\CCCCCCCC.[Na+]. The standard InChI is InChI=1S/C60H100BF2N4O12P.Na/c1-5-7-9-11-13-15-17-19-21-23-25-27-29-31-33-35-58(69)76-49-55(79-59(70)36-34-32-30-28-26-24-22-20-18-16-14-12-10-8-6-2)50-78-80(72,73)77-44-42-65-60(71)75-46-45-74-43-41-64-57(68)40-39-53-37-38-54-48-56-51(3)47-52(4)66(56)61(62,63)67(53)54;/h19-22,37-38,47-48,55H,5-18,23-36,39-46,49-50H2,1-4H3,(H,64,68)(H,65,71)(H,72,73);/q;+1/p-1/b21-19-,22-20-;/t55-;/m1./s1. The topological polar surface area (TPSA) is 196 Å². The number of phosphoric ester groups is 1. The molecule has 3 rings (SSSR count). The van der Waals surface area contributed by atoms with E-state index in [4.69, 9.17) is 28.0 Å². The summed E-state index contributed by atoms with van der Waals surface area (Å²) in [7, 11) is -4.95. The van der Waals surface area contributed by atoms with Gasteiger partial charge in [0.2, 0.25) is 5.91 Å². The first-order chi connectivity index (χ1) is 38.7. The number of phosphoric acid groups is 1. The first-order valence-electron chi connectivity index (χ1n) is 30.4. The summed E-state index contributed by atoms with van der Waals surface area (Å²) in [6.07, 6.45) is 41.7. The van der Waals surface area contributed by atoms with E-state index in [9.17, 15) is 28.6 Å². The van der Waals surface area contributed by atoms with Gasteiger partial charge in [-0.2, -0.15) is 0 Å². The molecule has 454 valence electrons. The Morgan fingerprint density at radius 2 is 1.19 bits per heavy atom. The van der Waals surface area contributed by atoms with Gasteiger partial charge in [-0.25, -0.2) is 4.79 Å². The van der Waals surface area contributed by atoms with Crippen LogP contribution >= 0.6 is 7.82 Å². The van der Waals surface area contributed by atoms with Crippen molar-refractivity contribution in [2.75, 3.05) is 52.7 Å². The van der Waals surface area contributed by atoms with E-state index in [0.717, 1.165) is 91.6 Å². The molecular formula is C60H99BF2N4NaO12P. The van der Waals surface area contributed by atoms with Crippen LogP contribution in [0.3, 0.4) is 0 Å². The molecule has 0 spiro atoms. The molecule has 2 N–H and O–H groups in total. The summed E-state index contributed by atoms with van der Waals surface area (Å²) in [5, 5.41) is 5.05. The molecule has 1 aromatic heterocycles. The molecule has 0 bridgehead atoms. The van der Waals surface area contributed by atoms with Gasteiger partial charge in [0.1, 0.15) is 18.9 Å². The van der Waals surface area contributed by atoms with Crippen LogP contribution < -0.4 is 45.1 Å². The van der Waals surface area contributed by atoms with Crippen LogP contribution in [0.1, 0.15) is 223 Å². The molecule has 2 aliphatic heterocycles. The van der Waals surface area contributed by atoms with Crippen LogP contribution in [0, 0.1) is 13.8 Å². The average Bonchev–Trinajstić information content (AvgIpc) is 4.00. The predicted octanol–water partition coefficient (Wildman–Crippen LogP) is 10.4. The van der Waals surface area contributed by atoms with E-state index in [1.165, 1.54) is 77.0 Å². The maximum atomic E-state index is 15.7. The van der Waals surface area contributed by atoms with Gasteiger partial charge in [0.05, 0.1) is 26.4 Å². The number of unbranched alkanes of at least 4 members (excludes halogenated alkanes) is 22. The summed E-state index contributed by atoms with van der Waals surface area (Å²) in [5.74, 6) is -1.36. The molecule has 2 amide bonds. The molecule has 2 atom stereocenters. The number of halogens is 2. The van der Waals surface area contributed by atoms with Crippen LogP contribution in [-0.4, -0.2) is 104 Å². The van der Waals surface area contributed by atoms with Crippen molar-refractivity contribution in [3.8, 4) is 0 Å². The number of alkyl carbamates (subject to hydrolysis) is 1. The van der Waals surface area contributed by atoms with Gasteiger partial charge in [-0.1, -0.05) is 141 Å². The Morgan fingerprint density at radius 3 is 1.77 bits per heavy atom. The molecule has 0 radical (unpaired) electrons. The van der Waals surface area contributed by atoms with E-state index in [-0.39, 0.29) is 101 Å². The van der Waals surface area contributed by atoms with Crippen LogP contribution in [0.4, 0.5) is 13.4 Å². The summed E-state index contributed by atoms with van der Waals surface area (Å²) in [4.78, 5) is 62.9. The molecule has 2 aliphatic rings. The van der Waals surface area contributed by atoms with Gasteiger partial charge in [0.25, 0.3) is 7.82 Å². The van der Waals surface area contributed by atoms with Crippen LogP contribution in [0.15, 0.2) is 48.2 Å². The number of hydrogen-bond donors (Lipinski definition) is 2. The Labute approximate surface area is 506 Å². The van der Waals surface area contributed by atoms with E-state index in [2.05, 4.69) is 48.8 Å². The Kier molecular flexibility index (Phi) is 41.0. The fourth-order valence-electron chi connectivity index (χ4n) is 9.66. The Balaban J connectivity index is 0.0000224. The van der Waals surface area contributed by atoms with E-state index < -0.39 is 52.1 Å². The fourth-order valence-corrected chi connectivity index (χ4v) is 10.4. The largest absolute Gasteiger partial charge is 1.00 e. The molecule has 21 heteroatoms. The predicted molar refractivity (Wildman–Crippen MR) is 311 cm³/mol. The van der Waals surface area contributed by atoms with Crippen molar-refractivity contribution >= 4 is 50.5 Å². The van der Waals surface area contributed by atoms with Crippen LogP contribution in [0.25, 0.3) is 6.08 Å². The van der Waals surface area contributed by atoms with Gasteiger partial charge in [0.15, 0.2) is 11.8 Å². The number of carbonyl (C=O) groups excluding carboxylic acids is 4. The van der Waals surface area contributed by atoms with Crippen molar-refractivity contribution in [3.05, 3.63) is 65.2 Å². The summed E-state index contributed by atoms with van der Waals surface area (Å²) in [6.45, 7) is 2.17. The number of nitrogens with zero attached hydrogens (tertiary/aromatic N) is 2. The fraction of sp³-hybridized carbons (Fsp3) is 0.717. The minimum Gasteiger partial charge on any atom is -0.756 e. The van der Waals surface area contributed by atoms with Gasteiger partial charge in [-0.15, -0.1) is 0 Å². The number of carbonyl (C=O) groups is 4. The molecule has 1 aromatic rings. The quantitative estimate of drug-likeness (QED) is 0.0157. The van der Waals surface area contributed by atoms with Gasteiger partial charge in [0, 0.05) is 62.7 Å². The number of rotatable bonds is 49. The summed E-state index contributed by atoms with van der Waals surface area (Å²) < 4.78 is 77.4. The number of aryl methyl sites for hydroxylation is 2. The van der Waals surface area contributed by atoms with Crippen molar-refractivity contribution in [1.29, 1.82) is 0 Å². The van der Waals surface area contributed by atoms with E-state index in [0.29, 0.717) is 35.6 Å². The zero-order valence-electron chi connectivity index (χ0n) is 50.1. The molecule has 16 nitrogen and oxygen atoms in total. The van der Waals surface area contributed by atoms with Crippen molar-refractivity contribution in [1.82, 2.24) is 15.1 Å². The molecule has 81 heavy (non-hydrogen) atoms. The molecule has 0 saturated heterocycles. The summed E-state index contributed by atoms with van der Waals surface area (Å²) in [6, 6.07) is 1.74. The Hall–Kier alpha value is -3.42. The third kappa shape index (κ3) is 33.0. The monoisotopic (exact) mass is 1170 g/mol. The summed E-state index contributed by atoms with van der Waals surface area (Å²) in [5.41, 5.74) is 2.48. The summed E-state index contributed by atoms with van der Waals surface area (Å²) >= 11 is 0. The van der Waals surface area contributed by atoms with Crippen LogP contribution in [-0.2, 0) is 46.9 Å². The Bertz CT molecular complexity index is 2170. The third-order valence-corrected chi connectivity index (χ3v) is 15.1. The smallest absolute Gasteiger partial charge is 0.756 e. The van der Waals surface area contributed by atoms with Gasteiger partial charge < -0.3 is 61.1 Å². The second kappa shape index (κ2) is 45.0. The van der Waals surface area contributed by atoms with Gasteiger partial charge >= 0.3 is 54.6 Å². The second-order valence-electron chi connectivity index (χ2n) is 21.1. The second-order valence-corrected chi connectivity index (χ2v) is 22.6. The minimum absolute atomic E-state index is 0. The number of aromatic nitrogens is 1. The van der Waals surface area contributed by atoms with E-state index >= 15 is 8.63 Å². The molecular weight excluding hydrogens is 1070 g/mol. The van der Waals surface area contributed by atoms with Crippen molar-refractivity contribution < 1.29 is 99.3 Å². The van der Waals surface area contributed by atoms with Crippen LogP contribution in [0.2, 0.25) is 0 Å². The zero-order valence-corrected chi connectivity index (χ0v) is 53.0. The maximum absolute atomic E-state index is 15.7. The van der Waals surface area contributed by atoms with Gasteiger partial charge in [-0.3, -0.25) is 18.9 Å². The van der Waals surface area contributed by atoms with E-state index in [1.54, 1.807) is 38.1 Å². The number of fused-ring (bicyclic) bond motifs is 2. The maximum Gasteiger partial charge on any atom is 1.00 e. The normalized spacial score (nSPS) is 14.6. The number of nitrogens with one attached hydrogen (secondary N) is 2. The molecule has 0 aliphatic carbocycles. The van der Waals surface area contributed by atoms with Crippen molar-refractivity contribution in [2.45, 2.75) is 226 Å². The number of hydrogen-bond acceptors (Lipinski definition) is 12. The number of esters is 2. The van der Waals surface area contributed by atoms with E-state index in [1.807, 2.05) is 0 Å². The Morgan fingerprint density at radius 1 is 0.654 bits per heavy atom. The van der Waals surface area contributed by atoms with Crippen molar-refractivity contribution in [2.24, 2.45) is 0 Å². The first-order valence-corrected chi connectivity index (χ1v) is 31.9. The average molecular weight is 1170 g/mol. The molecule has 1 unspecified atom stereocenters. The molecule has 0 aromatic carbocycles. The molecule has 0 fully saturated rings.